The first-order valence-electron chi connectivity index (χ1n) is 23.8. The molecule has 0 spiro atoms. The number of aromatic amines is 2. The lowest BCUT2D eigenvalue weighted by molar-refractivity contribution is 0.0704. The van der Waals surface area contributed by atoms with Crippen molar-refractivity contribution < 1.29 is 20.8 Å². The van der Waals surface area contributed by atoms with Gasteiger partial charge < -0.3 is 29.6 Å². The summed E-state index contributed by atoms with van der Waals surface area (Å²) in [5.41, 5.74) is 14.8. The SMILES string of the molecule is C.COCc1nc(-c2cc(C(=O)N3CCC(c4ccc(C#N)cc4)CC3)c(C)cc2C)c(C)[nH]1.Cc1cc(C)c(-c2nc(CO)[nH]c2C)cc1C(=O)N1CCC(c2ccc(C#N)cc2)CC1.[2H]CC. The number of rotatable bonds is 9. The number of nitrogens with one attached hydrogen (secondary N) is 2. The number of carbonyl (C=O) groups is 2. The fourth-order valence-electron chi connectivity index (χ4n) is 9.36. The van der Waals surface area contributed by atoms with Gasteiger partial charge in [-0.15, -0.1) is 0 Å². The summed E-state index contributed by atoms with van der Waals surface area (Å²) in [6, 6.07) is 28.0. The van der Waals surface area contributed by atoms with E-state index in [4.69, 9.17) is 21.6 Å². The maximum absolute atomic E-state index is 13.5. The van der Waals surface area contributed by atoms with Gasteiger partial charge in [0.1, 0.15) is 24.9 Å². The lowest BCUT2D eigenvalue weighted by atomic mass is 9.88. The molecule has 356 valence electrons. The van der Waals surface area contributed by atoms with Gasteiger partial charge in [-0.05, 0) is 149 Å². The maximum atomic E-state index is 13.5. The molecule has 2 saturated heterocycles. The second-order valence-corrected chi connectivity index (χ2v) is 17.5. The second-order valence-electron chi connectivity index (χ2n) is 17.5. The molecular weight excluding hydrogens is 849 g/mol. The molecule has 3 N–H and O–H groups in total. The number of carbonyl (C=O) groups excluding carboxylic acids is 2. The van der Waals surface area contributed by atoms with E-state index in [1.165, 1.54) is 11.1 Å². The van der Waals surface area contributed by atoms with E-state index in [1.807, 2.05) is 111 Å². The van der Waals surface area contributed by atoms with Crippen LogP contribution in [0.1, 0.15) is 148 Å². The van der Waals surface area contributed by atoms with Crippen LogP contribution in [0.3, 0.4) is 0 Å². The minimum atomic E-state index is -0.147. The molecule has 0 saturated carbocycles. The van der Waals surface area contributed by atoms with Crippen LogP contribution in [0.15, 0.2) is 72.8 Å². The molecule has 12 heteroatoms. The third kappa shape index (κ3) is 11.8. The highest BCUT2D eigenvalue weighted by Gasteiger charge is 2.28. The number of likely N-dealkylation sites (tertiary alicyclic amines) is 2. The highest BCUT2D eigenvalue weighted by Crippen LogP contribution is 2.34. The highest BCUT2D eigenvalue weighted by molar-refractivity contribution is 5.98. The Balaban J connectivity index is 0.000000240. The summed E-state index contributed by atoms with van der Waals surface area (Å²) in [6.45, 7) is 17.4. The summed E-state index contributed by atoms with van der Waals surface area (Å²) in [5, 5.41) is 27.4. The molecule has 4 heterocycles. The zero-order chi connectivity index (χ0) is 49.1. The number of ether oxygens (including phenoxy) is 1. The van der Waals surface area contributed by atoms with Gasteiger partial charge in [0.05, 0.1) is 34.7 Å². The van der Waals surface area contributed by atoms with Gasteiger partial charge in [-0.2, -0.15) is 10.5 Å². The van der Waals surface area contributed by atoms with Crippen LogP contribution in [0.4, 0.5) is 0 Å². The average Bonchev–Trinajstić information content (AvgIpc) is 3.92. The second kappa shape index (κ2) is 23.7. The molecule has 68 heavy (non-hydrogen) atoms. The van der Waals surface area contributed by atoms with E-state index < -0.39 is 0 Å². The first-order chi connectivity index (χ1) is 32.7. The number of aryl methyl sites for hydroxylation is 6. The van der Waals surface area contributed by atoms with Crippen LogP contribution in [-0.4, -0.2) is 79.9 Å². The Morgan fingerprint density at radius 3 is 1.38 bits per heavy atom. The fourth-order valence-corrected chi connectivity index (χ4v) is 9.36. The topological polar surface area (TPSA) is 175 Å². The van der Waals surface area contributed by atoms with Gasteiger partial charge in [-0.3, -0.25) is 9.59 Å². The summed E-state index contributed by atoms with van der Waals surface area (Å²) in [5.74, 6) is 2.26. The van der Waals surface area contributed by atoms with E-state index in [-0.39, 0.29) is 25.8 Å². The molecule has 0 aliphatic carbocycles. The highest BCUT2D eigenvalue weighted by atomic mass is 16.5. The Kier molecular flexibility index (Phi) is 17.6. The number of benzene rings is 4. The molecule has 2 aromatic heterocycles. The number of aliphatic hydroxyl groups excluding tert-OH is 1. The first kappa shape index (κ1) is 50.6. The fraction of sp³-hybridized carbons (Fsp3) is 0.393. The number of aromatic nitrogens is 4. The number of nitriles is 2. The molecule has 0 radical (unpaired) electrons. The molecule has 6 aromatic rings. The van der Waals surface area contributed by atoms with Crippen molar-refractivity contribution in [2.24, 2.45) is 0 Å². The minimum Gasteiger partial charge on any atom is -0.388 e. The van der Waals surface area contributed by atoms with E-state index in [2.05, 4.69) is 40.1 Å². The number of amides is 2. The monoisotopic (exact) mass is 918 g/mol. The predicted molar refractivity (Wildman–Crippen MR) is 269 cm³/mol. The summed E-state index contributed by atoms with van der Waals surface area (Å²) < 4.78 is 11.4. The molecule has 12 nitrogen and oxygen atoms in total. The summed E-state index contributed by atoms with van der Waals surface area (Å²) in [4.78, 5) is 46.4. The van der Waals surface area contributed by atoms with Crippen LogP contribution in [0.25, 0.3) is 22.5 Å². The Morgan fingerprint density at radius 2 is 1.04 bits per heavy atom. The van der Waals surface area contributed by atoms with Gasteiger partial charge in [-0.25, -0.2) is 9.97 Å². The molecule has 2 amide bonds. The van der Waals surface area contributed by atoms with E-state index in [9.17, 15) is 14.7 Å². The third-order valence-electron chi connectivity index (χ3n) is 13.0. The lowest BCUT2D eigenvalue weighted by Gasteiger charge is -2.33. The van der Waals surface area contributed by atoms with E-state index in [0.717, 1.165) is 106 Å². The number of aliphatic hydroxyl groups is 1. The van der Waals surface area contributed by atoms with Crippen molar-refractivity contribution in [3.8, 4) is 34.7 Å². The zero-order valence-corrected chi connectivity index (χ0v) is 40.2. The smallest absolute Gasteiger partial charge is 0.254 e. The van der Waals surface area contributed by atoms with E-state index >= 15 is 0 Å². The van der Waals surface area contributed by atoms with Crippen molar-refractivity contribution in [2.45, 2.75) is 114 Å². The molecule has 0 unspecified atom stereocenters. The number of piperidine rings is 2. The Hall–Kier alpha value is -6.86. The first-order valence-corrected chi connectivity index (χ1v) is 23.1. The van der Waals surface area contributed by atoms with Crippen LogP contribution in [0.5, 0.6) is 0 Å². The maximum Gasteiger partial charge on any atom is 0.254 e. The number of methoxy groups -OCH3 is 1. The van der Waals surface area contributed by atoms with Crippen LogP contribution < -0.4 is 0 Å². The number of hydrogen-bond acceptors (Lipinski definition) is 8. The van der Waals surface area contributed by atoms with Crippen molar-refractivity contribution in [1.29, 1.82) is 10.5 Å². The Labute approximate surface area is 404 Å². The number of nitrogens with zero attached hydrogens (tertiary/aromatic N) is 6. The number of hydrogen-bond donors (Lipinski definition) is 3. The van der Waals surface area contributed by atoms with E-state index in [1.54, 1.807) is 14.0 Å². The van der Waals surface area contributed by atoms with Gasteiger partial charge in [0.15, 0.2) is 0 Å². The minimum absolute atomic E-state index is 0. The number of H-pyrrole nitrogens is 2. The summed E-state index contributed by atoms with van der Waals surface area (Å²) >= 11 is 0. The van der Waals surface area contributed by atoms with Crippen molar-refractivity contribution >= 4 is 11.8 Å². The van der Waals surface area contributed by atoms with Crippen molar-refractivity contribution in [3.05, 3.63) is 151 Å². The molecule has 0 bridgehead atoms. The Bertz CT molecular complexity index is 2780. The molecule has 2 aliphatic heterocycles. The van der Waals surface area contributed by atoms with Gasteiger partial charge in [-0.1, -0.05) is 57.6 Å². The molecule has 2 fully saturated rings. The molecule has 8 rings (SSSR count). The van der Waals surface area contributed by atoms with Gasteiger partial charge in [0.25, 0.3) is 11.8 Å². The van der Waals surface area contributed by atoms with Crippen LogP contribution >= 0.6 is 0 Å². The van der Waals surface area contributed by atoms with Gasteiger partial charge in [0, 0.05) is 68.3 Å². The lowest BCUT2D eigenvalue weighted by Crippen LogP contribution is -2.38. The normalized spacial score (nSPS) is 14.0. The molecular formula is C56H68N8O4. The van der Waals surface area contributed by atoms with E-state index in [0.29, 0.717) is 60.9 Å². The molecule has 4 aromatic carbocycles. The third-order valence-corrected chi connectivity index (χ3v) is 13.0. The van der Waals surface area contributed by atoms with Crippen molar-refractivity contribution in [3.63, 3.8) is 0 Å². The van der Waals surface area contributed by atoms with Crippen molar-refractivity contribution in [1.82, 2.24) is 29.7 Å². The predicted octanol–water partition coefficient (Wildman–Crippen LogP) is 11.1. The standard InChI is InChI=1S/C27H30N4O2.C26H28N4O2.C2H6.CH4/c1-17-13-18(2)24(14-23(17)26-19(3)29-25(30-26)16-33-4)27(32)31-11-9-22(10-12-31)21-7-5-20(15-28)6-8-21;1-16-12-17(2)23(13-22(16)25-18(3)28-24(15-31)29-25)26(32)30-10-8-21(9-11-30)20-6-4-19(14-27)5-7-20;1-2;/h5-8,13-14,22H,9-12,16H2,1-4H3,(H,29,30);4-7,12-13,21,31H,8-11,15H2,1-3H3,(H,28,29);1-2H3;1H4/i;;1D;. The quantitative estimate of drug-likeness (QED) is 0.128. The largest absolute Gasteiger partial charge is 0.388 e. The summed E-state index contributed by atoms with van der Waals surface area (Å²) in [7, 11) is 1.65. The van der Waals surface area contributed by atoms with Gasteiger partial charge in [0.2, 0.25) is 0 Å². The van der Waals surface area contributed by atoms with Crippen LogP contribution in [0.2, 0.25) is 0 Å². The average molecular weight is 918 g/mol. The molecule has 2 aliphatic rings. The zero-order valence-electron chi connectivity index (χ0n) is 41.2. The Morgan fingerprint density at radius 1 is 0.676 bits per heavy atom. The van der Waals surface area contributed by atoms with Crippen LogP contribution in [-0.2, 0) is 18.0 Å². The van der Waals surface area contributed by atoms with Crippen LogP contribution in [0, 0.1) is 64.2 Å². The van der Waals surface area contributed by atoms with Crippen molar-refractivity contribution in [2.75, 3.05) is 33.3 Å². The molecule has 0 atom stereocenters. The number of imidazole rings is 2. The van der Waals surface area contributed by atoms with Gasteiger partial charge >= 0.3 is 0 Å². The summed E-state index contributed by atoms with van der Waals surface area (Å²) in [6.07, 6.45) is 3.67.